The van der Waals surface area contributed by atoms with Crippen LogP contribution in [-0.4, -0.2) is 34.3 Å². The van der Waals surface area contributed by atoms with Crippen LogP contribution >= 0.6 is 11.3 Å². The Morgan fingerprint density at radius 1 is 1.43 bits per heavy atom. The molecule has 0 N–H and O–H groups in total. The van der Waals surface area contributed by atoms with Gasteiger partial charge in [-0.25, -0.2) is 0 Å². The van der Waals surface area contributed by atoms with Gasteiger partial charge in [0, 0.05) is 31.0 Å². The van der Waals surface area contributed by atoms with Gasteiger partial charge in [0.15, 0.2) is 5.82 Å². The summed E-state index contributed by atoms with van der Waals surface area (Å²) in [6.07, 6.45) is 3.43. The number of rotatable bonds is 7. The molecule has 0 radical (unpaired) electrons. The van der Waals surface area contributed by atoms with E-state index in [1.54, 1.807) is 11.3 Å². The van der Waals surface area contributed by atoms with Gasteiger partial charge in [-0.15, -0.1) is 11.3 Å². The second-order valence-electron chi connectivity index (χ2n) is 5.34. The molecule has 0 saturated carbocycles. The lowest BCUT2D eigenvalue weighted by Gasteiger charge is -2.23. The van der Waals surface area contributed by atoms with Crippen LogP contribution in [0.25, 0.3) is 0 Å². The number of ether oxygens (including phenoxy) is 1. The quantitative estimate of drug-likeness (QED) is 0.787. The molecule has 0 bridgehead atoms. The smallest absolute Gasteiger partial charge is 0.226 e. The van der Waals surface area contributed by atoms with Crippen LogP contribution in [0, 0.1) is 0 Å². The lowest BCUT2D eigenvalue weighted by molar-refractivity contribution is 0.0671. The van der Waals surface area contributed by atoms with Crippen LogP contribution in [0.15, 0.2) is 22.0 Å². The van der Waals surface area contributed by atoms with Gasteiger partial charge < -0.3 is 9.26 Å². The molecule has 1 saturated heterocycles. The van der Waals surface area contributed by atoms with Gasteiger partial charge in [0.25, 0.3) is 0 Å². The van der Waals surface area contributed by atoms with Gasteiger partial charge in [-0.2, -0.15) is 4.98 Å². The summed E-state index contributed by atoms with van der Waals surface area (Å²) in [5, 5.41) is 6.18. The van der Waals surface area contributed by atoms with Crippen LogP contribution in [0.3, 0.4) is 0 Å². The Bertz CT molecular complexity index is 535. The highest BCUT2D eigenvalue weighted by atomic mass is 32.1. The molecule has 3 rings (SSSR count). The number of aryl methyl sites for hydroxylation is 1. The molecule has 114 valence electrons. The van der Waals surface area contributed by atoms with Crippen molar-refractivity contribution in [1.29, 1.82) is 0 Å². The third-order valence-electron chi connectivity index (χ3n) is 3.62. The molecule has 0 amide bonds. The highest BCUT2D eigenvalue weighted by molar-refractivity contribution is 7.09. The van der Waals surface area contributed by atoms with E-state index in [1.807, 2.05) is 6.92 Å². The number of hydrogen-bond acceptors (Lipinski definition) is 6. The monoisotopic (exact) mass is 307 g/mol. The molecule has 2 aromatic rings. The molecular formula is C15H21N3O2S. The molecule has 21 heavy (non-hydrogen) atoms. The van der Waals surface area contributed by atoms with E-state index in [-0.39, 0.29) is 0 Å². The zero-order chi connectivity index (χ0) is 14.5. The van der Waals surface area contributed by atoms with Crippen molar-refractivity contribution in [1.82, 2.24) is 15.0 Å². The summed E-state index contributed by atoms with van der Waals surface area (Å²) in [7, 11) is 0. The number of thiophene rings is 1. The zero-order valence-electron chi connectivity index (χ0n) is 12.3. The normalized spacial score (nSPS) is 18.7. The first kappa shape index (κ1) is 14.7. The Morgan fingerprint density at radius 3 is 3.05 bits per heavy atom. The summed E-state index contributed by atoms with van der Waals surface area (Å²) in [4.78, 5) is 8.12. The second-order valence-corrected chi connectivity index (χ2v) is 6.37. The first-order valence-electron chi connectivity index (χ1n) is 7.51. The molecule has 1 fully saturated rings. The molecular weight excluding hydrogens is 286 g/mol. The molecule has 6 heteroatoms. The molecule has 1 aliphatic heterocycles. The molecule has 0 spiro atoms. The first-order chi connectivity index (χ1) is 10.3. The van der Waals surface area contributed by atoms with Crippen molar-refractivity contribution in [3.05, 3.63) is 34.1 Å². The minimum absolute atomic E-state index is 0.336. The topological polar surface area (TPSA) is 51.4 Å². The Morgan fingerprint density at radius 2 is 2.38 bits per heavy atom. The maximum Gasteiger partial charge on any atom is 0.226 e. The van der Waals surface area contributed by atoms with Crippen molar-refractivity contribution in [2.75, 3.05) is 13.2 Å². The predicted octanol–water partition coefficient (Wildman–Crippen LogP) is 2.87. The van der Waals surface area contributed by atoms with Gasteiger partial charge in [0.2, 0.25) is 5.89 Å². The van der Waals surface area contributed by atoms with Crippen LogP contribution in [0.2, 0.25) is 0 Å². The molecule has 0 aromatic carbocycles. The van der Waals surface area contributed by atoms with Crippen molar-refractivity contribution in [2.45, 2.75) is 45.4 Å². The third-order valence-corrected chi connectivity index (χ3v) is 4.48. The first-order valence-corrected chi connectivity index (χ1v) is 8.39. The largest absolute Gasteiger partial charge is 0.377 e. The molecule has 3 heterocycles. The number of nitrogens with zero attached hydrogens (tertiary/aromatic N) is 3. The van der Waals surface area contributed by atoms with Crippen molar-refractivity contribution in [2.24, 2.45) is 0 Å². The lowest BCUT2D eigenvalue weighted by atomic mass is 10.2. The van der Waals surface area contributed by atoms with Crippen LogP contribution in [-0.2, 0) is 24.2 Å². The van der Waals surface area contributed by atoms with Gasteiger partial charge in [-0.05, 0) is 24.3 Å². The fourth-order valence-corrected chi connectivity index (χ4v) is 3.33. The van der Waals surface area contributed by atoms with Crippen LogP contribution in [0.1, 0.15) is 36.4 Å². The van der Waals surface area contributed by atoms with E-state index in [4.69, 9.17) is 9.26 Å². The standard InChI is InChI=1S/C15H21N3O2S/c1-2-15-16-14(17-20-15)11-18(9-12-5-3-7-19-12)10-13-6-4-8-21-13/h4,6,8,12H,2-3,5,7,9-11H2,1H3/t12-/m0/s1. The highest BCUT2D eigenvalue weighted by Crippen LogP contribution is 2.18. The predicted molar refractivity (Wildman–Crippen MR) is 81.1 cm³/mol. The SMILES string of the molecule is CCc1nc(CN(Cc2cccs2)C[C@@H]2CCCO2)no1. The van der Waals surface area contributed by atoms with Crippen molar-refractivity contribution in [3.8, 4) is 0 Å². The van der Waals surface area contributed by atoms with Gasteiger partial charge >= 0.3 is 0 Å². The van der Waals surface area contributed by atoms with Crippen LogP contribution in [0.5, 0.6) is 0 Å². The Hall–Kier alpha value is -1.24. The van der Waals surface area contributed by atoms with Gasteiger partial charge in [-0.1, -0.05) is 18.1 Å². The fraction of sp³-hybridized carbons (Fsp3) is 0.600. The average Bonchev–Trinajstić information content (AvgIpc) is 3.20. The third kappa shape index (κ3) is 4.12. The van der Waals surface area contributed by atoms with Gasteiger partial charge in [0.05, 0.1) is 12.6 Å². The summed E-state index contributed by atoms with van der Waals surface area (Å²) < 4.78 is 11.0. The average molecular weight is 307 g/mol. The minimum atomic E-state index is 0.336. The van der Waals surface area contributed by atoms with Gasteiger partial charge in [0.1, 0.15) is 0 Å². The summed E-state index contributed by atoms with van der Waals surface area (Å²) >= 11 is 1.78. The second kappa shape index (κ2) is 7.15. The van der Waals surface area contributed by atoms with Gasteiger partial charge in [-0.3, -0.25) is 4.90 Å². The molecule has 0 aliphatic carbocycles. The Labute approximate surface area is 128 Å². The van der Waals surface area contributed by atoms with E-state index in [0.717, 1.165) is 38.4 Å². The molecule has 0 unspecified atom stereocenters. The Balaban J connectivity index is 1.64. The molecule has 1 atom stereocenters. The van der Waals surface area contributed by atoms with Crippen LogP contribution in [0.4, 0.5) is 0 Å². The summed E-state index contributed by atoms with van der Waals surface area (Å²) in [5.41, 5.74) is 0. The van der Waals surface area contributed by atoms with Crippen LogP contribution < -0.4 is 0 Å². The molecule has 1 aliphatic rings. The summed E-state index contributed by atoms with van der Waals surface area (Å²) in [6.45, 7) is 5.45. The summed E-state index contributed by atoms with van der Waals surface area (Å²) in [6, 6.07) is 4.26. The maximum absolute atomic E-state index is 5.76. The summed E-state index contributed by atoms with van der Waals surface area (Å²) in [5.74, 6) is 1.47. The van der Waals surface area contributed by atoms with E-state index in [0.29, 0.717) is 18.5 Å². The van der Waals surface area contributed by atoms with E-state index < -0.39 is 0 Å². The molecule has 5 nitrogen and oxygen atoms in total. The Kier molecular flexibility index (Phi) is 5.00. The lowest BCUT2D eigenvalue weighted by Crippen LogP contribution is -2.31. The van der Waals surface area contributed by atoms with Crippen molar-refractivity contribution < 1.29 is 9.26 Å². The highest BCUT2D eigenvalue weighted by Gasteiger charge is 2.21. The fourth-order valence-electron chi connectivity index (χ4n) is 2.58. The number of hydrogen-bond donors (Lipinski definition) is 0. The minimum Gasteiger partial charge on any atom is -0.377 e. The van der Waals surface area contributed by atoms with E-state index >= 15 is 0 Å². The van der Waals surface area contributed by atoms with E-state index in [1.165, 1.54) is 11.3 Å². The zero-order valence-corrected chi connectivity index (χ0v) is 13.1. The number of aromatic nitrogens is 2. The van der Waals surface area contributed by atoms with Crippen molar-refractivity contribution in [3.63, 3.8) is 0 Å². The maximum atomic E-state index is 5.76. The van der Waals surface area contributed by atoms with E-state index in [2.05, 4.69) is 32.6 Å². The van der Waals surface area contributed by atoms with E-state index in [9.17, 15) is 0 Å². The van der Waals surface area contributed by atoms with Crippen molar-refractivity contribution >= 4 is 11.3 Å². The molecule has 2 aromatic heterocycles.